The molecule has 100 valence electrons. The number of hydrogen-bond acceptors (Lipinski definition) is 5. The Morgan fingerprint density at radius 2 is 1.83 bits per heavy atom. The lowest BCUT2D eigenvalue weighted by atomic mass is 9.90. The van der Waals surface area contributed by atoms with Gasteiger partial charge in [0, 0.05) is 11.3 Å². The van der Waals surface area contributed by atoms with Gasteiger partial charge in [-0.3, -0.25) is 4.79 Å². The fraction of sp³-hybridized carbons (Fsp3) is 0.846. The Balaban J connectivity index is 1.75. The smallest absolute Gasteiger partial charge is 0.336 e. The summed E-state index contributed by atoms with van der Waals surface area (Å²) in [5, 5.41) is 0. The van der Waals surface area contributed by atoms with Crippen LogP contribution < -0.4 is 0 Å². The monoisotopic (exact) mass is 254 g/mol. The van der Waals surface area contributed by atoms with Crippen LogP contribution in [0.5, 0.6) is 0 Å². The van der Waals surface area contributed by atoms with Crippen molar-refractivity contribution in [2.24, 2.45) is 22.7 Å². The second-order valence-electron chi connectivity index (χ2n) is 6.74. The Kier molecular flexibility index (Phi) is 2.17. The molecule has 1 saturated carbocycles. The molecule has 18 heavy (non-hydrogen) atoms. The van der Waals surface area contributed by atoms with Gasteiger partial charge in [-0.25, -0.2) is 4.79 Å². The molecule has 5 nitrogen and oxygen atoms in total. The Morgan fingerprint density at radius 3 is 2.28 bits per heavy atom. The van der Waals surface area contributed by atoms with Crippen LogP contribution in [-0.2, 0) is 23.8 Å². The van der Waals surface area contributed by atoms with Crippen molar-refractivity contribution in [1.82, 2.24) is 0 Å². The van der Waals surface area contributed by atoms with E-state index in [1.807, 2.05) is 27.7 Å². The van der Waals surface area contributed by atoms with Crippen molar-refractivity contribution in [1.29, 1.82) is 0 Å². The van der Waals surface area contributed by atoms with Crippen molar-refractivity contribution in [3.63, 3.8) is 0 Å². The average Bonchev–Trinajstić information content (AvgIpc) is 2.52. The van der Waals surface area contributed by atoms with Crippen LogP contribution in [-0.4, -0.2) is 30.9 Å². The summed E-state index contributed by atoms with van der Waals surface area (Å²) in [7, 11) is 0. The van der Waals surface area contributed by atoms with Crippen LogP contribution in [0.15, 0.2) is 0 Å². The van der Waals surface area contributed by atoms with E-state index >= 15 is 0 Å². The first-order valence-corrected chi connectivity index (χ1v) is 6.28. The van der Waals surface area contributed by atoms with E-state index in [0.29, 0.717) is 6.61 Å². The molecule has 0 spiro atoms. The Morgan fingerprint density at radius 1 is 1.17 bits per heavy atom. The van der Waals surface area contributed by atoms with E-state index < -0.39 is 12.4 Å². The number of carbonyl (C=O) groups excluding carboxylic acids is 2. The number of hydrogen-bond donors (Lipinski definition) is 0. The van der Waals surface area contributed by atoms with Gasteiger partial charge in [-0.2, -0.15) is 0 Å². The molecule has 4 atom stereocenters. The number of rotatable bonds is 2. The molecule has 0 N–H and O–H groups in total. The number of esters is 2. The van der Waals surface area contributed by atoms with E-state index in [9.17, 15) is 9.59 Å². The normalized spacial score (nSPS) is 43.3. The lowest BCUT2D eigenvalue weighted by Gasteiger charge is -2.26. The van der Waals surface area contributed by atoms with Gasteiger partial charge in [0.2, 0.25) is 6.29 Å². The van der Waals surface area contributed by atoms with Crippen LogP contribution in [0.4, 0.5) is 0 Å². The summed E-state index contributed by atoms with van der Waals surface area (Å²) in [5.74, 6) is -0.589. The first kappa shape index (κ1) is 12.0. The summed E-state index contributed by atoms with van der Waals surface area (Å²) < 4.78 is 16.0. The van der Waals surface area contributed by atoms with Crippen LogP contribution in [0.3, 0.4) is 0 Å². The Bertz CT molecular complexity index is 425. The fourth-order valence-corrected chi connectivity index (χ4v) is 3.11. The molecule has 5 heteroatoms. The van der Waals surface area contributed by atoms with Gasteiger partial charge in [0.1, 0.15) is 0 Å². The van der Waals surface area contributed by atoms with Gasteiger partial charge in [0.15, 0.2) is 6.10 Å². The van der Waals surface area contributed by atoms with Crippen molar-refractivity contribution < 1.29 is 23.8 Å². The van der Waals surface area contributed by atoms with Crippen LogP contribution in [0.25, 0.3) is 0 Å². The van der Waals surface area contributed by atoms with Crippen molar-refractivity contribution in [2.75, 3.05) is 6.61 Å². The van der Waals surface area contributed by atoms with Gasteiger partial charge in [0.25, 0.3) is 0 Å². The number of fused-ring (bicyclic) bond motifs is 1. The summed E-state index contributed by atoms with van der Waals surface area (Å²) in [5.41, 5.74) is -0.451. The number of ether oxygens (including phenoxy) is 3. The molecule has 3 fully saturated rings. The van der Waals surface area contributed by atoms with E-state index in [4.69, 9.17) is 14.2 Å². The van der Waals surface area contributed by atoms with Crippen LogP contribution in [0.2, 0.25) is 0 Å². The van der Waals surface area contributed by atoms with Crippen molar-refractivity contribution in [3.8, 4) is 0 Å². The molecule has 1 aliphatic carbocycles. The number of cyclic esters (lactones) is 2. The average molecular weight is 254 g/mol. The minimum atomic E-state index is -0.648. The molecule has 0 unspecified atom stereocenters. The third kappa shape index (κ3) is 1.43. The molecule has 0 aromatic heterocycles. The highest BCUT2D eigenvalue weighted by atomic mass is 16.7. The van der Waals surface area contributed by atoms with Crippen molar-refractivity contribution >= 4 is 11.9 Å². The minimum Gasteiger partial charge on any atom is -0.463 e. The predicted octanol–water partition coefficient (Wildman–Crippen LogP) is 1.11. The highest BCUT2D eigenvalue weighted by Gasteiger charge is 2.72. The van der Waals surface area contributed by atoms with Gasteiger partial charge in [-0.15, -0.1) is 0 Å². The highest BCUT2D eigenvalue weighted by Crippen LogP contribution is 2.65. The van der Waals surface area contributed by atoms with E-state index in [2.05, 4.69) is 0 Å². The maximum atomic E-state index is 11.7. The zero-order valence-corrected chi connectivity index (χ0v) is 11.1. The van der Waals surface area contributed by atoms with Crippen LogP contribution >= 0.6 is 0 Å². The van der Waals surface area contributed by atoms with Gasteiger partial charge >= 0.3 is 11.9 Å². The van der Waals surface area contributed by atoms with E-state index in [0.717, 1.165) is 0 Å². The Hall–Kier alpha value is -1.10. The zero-order chi connectivity index (χ0) is 13.3. The maximum Gasteiger partial charge on any atom is 0.336 e. The van der Waals surface area contributed by atoms with Gasteiger partial charge in [-0.1, -0.05) is 27.7 Å². The van der Waals surface area contributed by atoms with Gasteiger partial charge in [0.05, 0.1) is 12.5 Å². The molecule has 2 heterocycles. The summed E-state index contributed by atoms with van der Waals surface area (Å²) in [6.45, 7) is 8.22. The zero-order valence-electron chi connectivity index (χ0n) is 11.1. The molecule has 2 aliphatic heterocycles. The fourth-order valence-electron chi connectivity index (χ4n) is 3.11. The van der Waals surface area contributed by atoms with Crippen molar-refractivity contribution in [2.45, 2.75) is 40.1 Å². The molecule has 0 bridgehead atoms. The van der Waals surface area contributed by atoms with Crippen molar-refractivity contribution in [3.05, 3.63) is 0 Å². The quantitative estimate of drug-likeness (QED) is 0.691. The molecule has 3 rings (SSSR count). The molecular formula is C13H18O5. The third-order valence-electron chi connectivity index (χ3n) is 4.47. The molecule has 2 saturated heterocycles. The maximum absolute atomic E-state index is 11.7. The van der Waals surface area contributed by atoms with Crippen LogP contribution in [0.1, 0.15) is 27.7 Å². The molecular weight excluding hydrogens is 236 g/mol. The number of carbonyl (C=O) groups is 2. The largest absolute Gasteiger partial charge is 0.463 e. The summed E-state index contributed by atoms with van der Waals surface area (Å²) in [4.78, 5) is 23.3. The molecule has 0 radical (unpaired) electrons. The summed E-state index contributed by atoms with van der Waals surface area (Å²) >= 11 is 0. The topological polar surface area (TPSA) is 61.8 Å². The third-order valence-corrected chi connectivity index (χ3v) is 4.47. The Labute approximate surface area is 106 Å². The summed E-state index contributed by atoms with van der Waals surface area (Å²) in [6, 6.07) is 0. The molecule has 3 aliphatic rings. The summed E-state index contributed by atoms with van der Waals surface area (Å²) in [6.07, 6.45) is -1.25. The standard InChI is InChI=1S/C13H18O5/c1-12(2)5-16-10(15)8(12)17-11-7-6(9(14)18-11)13(7,3)4/h6-8,11H,5H2,1-4H3/t6-,7+,8-,11+/m0/s1. The first-order valence-electron chi connectivity index (χ1n) is 6.28. The van der Waals surface area contributed by atoms with Gasteiger partial charge < -0.3 is 14.2 Å². The van der Waals surface area contributed by atoms with E-state index in [1.54, 1.807) is 0 Å². The van der Waals surface area contributed by atoms with E-state index in [1.165, 1.54) is 0 Å². The predicted molar refractivity (Wildman–Crippen MR) is 60.3 cm³/mol. The SMILES string of the molecule is CC1(C)COC(=O)[C@@H]1O[C@@H]1OC(=O)[C@@H]2[C@H]1C2(C)C. The van der Waals surface area contributed by atoms with Gasteiger partial charge in [-0.05, 0) is 5.41 Å². The molecule has 0 aromatic rings. The first-order chi connectivity index (χ1) is 8.25. The highest BCUT2D eigenvalue weighted by molar-refractivity contribution is 5.81. The minimum absolute atomic E-state index is 0.0641. The molecule has 0 amide bonds. The lowest BCUT2D eigenvalue weighted by Crippen LogP contribution is -2.38. The molecule has 0 aromatic carbocycles. The lowest BCUT2D eigenvalue weighted by molar-refractivity contribution is -0.198. The van der Waals surface area contributed by atoms with Crippen LogP contribution in [0, 0.1) is 22.7 Å². The van der Waals surface area contributed by atoms with E-state index in [-0.39, 0.29) is 34.6 Å². The second-order valence-corrected chi connectivity index (χ2v) is 6.74. The second kappa shape index (κ2) is 3.26.